The zero-order chi connectivity index (χ0) is 13.0. The van der Waals surface area contributed by atoms with Crippen LogP contribution in [0, 0.1) is 11.7 Å². The fraction of sp³-hybridized carbons (Fsp3) is 0.364. The Kier molecular flexibility index (Phi) is 4.14. The molecule has 2 unspecified atom stereocenters. The van der Waals surface area contributed by atoms with Crippen molar-refractivity contribution in [2.75, 3.05) is 0 Å². The van der Waals surface area contributed by atoms with Gasteiger partial charge in [0.2, 0.25) is 0 Å². The number of carboxylic acids is 1. The Morgan fingerprint density at radius 1 is 1.47 bits per heavy atom. The molecule has 1 aromatic rings. The van der Waals surface area contributed by atoms with E-state index in [9.17, 15) is 14.0 Å². The predicted molar refractivity (Wildman–Crippen MR) is 57.9 cm³/mol. The van der Waals surface area contributed by atoms with E-state index in [1.165, 1.54) is 19.2 Å². The Morgan fingerprint density at radius 2 is 2.12 bits per heavy atom. The topological polar surface area (TPSA) is 79.3 Å². The molecule has 0 aliphatic heterocycles. The van der Waals surface area contributed by atoms with E-state index in [0.717, 1.165) is 6.20 Å². The number of nitrogens with zero attached hydrogens (tertiary/aromatic N) is 1. The van der Waals surface area contributed by atoms with Crippen molar-refractivity contribution in [2.24, 2.45) is 5.92 Å². The highest BCUT2D eigenvalue weighted by Crippen LogP contribution is 2.07. The molecule has 0 radical (unpaired) electrons. The van der Waals surface area contributed by atoms with E-state index in [2.05, 4.69) is 10.3 Å². The maximum absolute atomic E-state index is 13.2. The third kappa shape index (κ3) is 3.24. The zero-order valence-corrected chi connectivity index (χ0v) is 9.48. The predicted octanol–water partition coefficient (Wildman–Crippen LogP) is 1.06. The van der Waals surface area contributed by atoms with E-state index in [0.29, 0.717) is 0 Å². The lowest BCUT2D eigenvalue weighted by Gasteiger charge is -2.17. The van der Waals surface area contributed by atoms with Crippen LogP contribution in [-0.4, -0.2) is 28.0 Å². The van der Waals surface area contributed by atoms with Crippen molar-refractivity contribution >= 4 is 11.9 Å². The molecule has 92 valence electrons. The lowest BCUT2D eigenvalue weighted by Crippen LogP contribution is -2.40. The van der Waals surface area contributed by atoms with Crippen LogP contribution >= 0.6 is 0 Å². The minimum absolute atomic E-state index is 0.149. The van der Waals surface area contributed by atoms with Crippen LogP contribution in [0.3, 0.4) is 0 Å². The quantitative estimate of drug-likeness (QED) is 0.824. The normalized spacial score (nSPS) is 13.8. The Balaban J connectivity index is 2.74. The van der Waals surface area contributed by atoms with Crippen molar-refractivity contribution in [3.8, 4) is 0 Å². The first kappa shape index (κ1) is 13.1. The minimum atomic E-state index is -1.02. The summed E-state index contributed by atoms with van der Waals surface area (Å²) in [5, 5.41) is 11.2. The molecule has 0 aromatic carbocycles. The van der Waals surface area contributed by atoms with Crippen LogP contribution in [-0.2, 0) is 4.79 Å². The number of amides is 1. The van der Waals surface area contributed by atoms with Crippen LogP contribution in [0.4, 0.5) is 4.39 Å². The molecule has 2 atom stereocenters. The van der Waals surface area contributed by atoms with Gasteiger partial charge in [-0.2, -0.15) is 0 Å². The summed E-state index contributed by atoms with van der Waals surface area (Å²) in [7, 11) is 0. The van der Waals surface area contributed by atoms with Gasteiger partial charge in [-0.05, 0) is 19.9 Å². The van der Waals surface area contributed by atoms with Crippen molar-refractivity contribution in [2.45, 2.75) is 19.9 Å². The highest BCUT2D eigenvalue weighted by atomic mass is 19.1. The van der Waals surface area contributed by atoms with E-state index >= 15 is 0 Å². The van der Waals surface area contributed by atoms with Crippen molar-refractivity contribution in [1.82, 2.24) is 10.3 Å². The van der Waals surface area contributed by atoms with Crippen LogP contribution < -0.4 is 5.32 Å². The number of pyridine rings is 1. The largest absolute Gasteiger partial charge is 0.481 e. The standard InChI is InChI=1S/C11H13FN2O3/c1-6(11(16)17)7(2)14-10(15)8-3-4-13-5-9(8)12/h3-7H,1-2H3,(H,14,15)(H,16,17). The highest BCUT2D eigenvalue weighted by Gasteiger charge is 2.22. The number of aromatic nitrogens is 1. The van der Waals surface area contributed by atoms with Crippen molar-refractivity contribution in [1.29, 1.82) is 0 Å². The van der Waals surface area contributed by atoms with Crippen LogP contribution in [0.1, 0.15) is 24.2 Å². The number of carbonyl (C=O) groups excluding carboxylic acids is 1. The monoisotopic (exact) mass is 240 g/mol. The lowest BCUT2D eigenvalue weighted by molar-refractivity contribution is -0.141. The van der Waals surface area contributed by atoms with Crippen molar-refractivity contribution in [3.05, 3.63) is 29.8 Å². The fourth-order valence-corrected chi connectivity index (χ4v) is 1.18. The molecule has 1 amide bonds. The molecule has 0 fully saturated rings. The fourth-order valence-electron chi connectivity index (χ4n) is 1.18. The van der Waals surface area contributed by atoms with Gasteiger partial charge in [-0.15, -0.1) is 0 Å². The van der Waals surface area contributed by atoms with E-state index in [-0.39, 0.29) is 5.56 Å². The first-order valence-electron chi connectivity index (χ1n) is 5.06. The van der Waals surface area contributed by atoms with Gasteiger partial charge in [0.1, 0.15) is 0 Å². The van der Waals surface area contributed by atoms with Crippen LogP contribution in [0.15, 0.2) is 18.5 Å². The molecule has 1 heterocycles. The number of hydrogen-bond acceptors (Lipinski definition) is 3. The summed E-state index contributed by atoms with van der Waals surface area (Å²) < 4.78 is 13.2. The summed E-state index contributed by atoms with van der Waals surface area (Å²) in [5.74, 6) is -3.15. The molecule has 17 heavy (non-hydrogen) atoms. The Hall–Kier alpha value is -1.98. The van der Waals surface area contributed by atoms with Crippen LogP contribution in [0.2, 0.25) is 0 Å². The zero-order valence-electron chi connectivity index (χ0n) is 9.48. The SMILES string of the molecule is CC(NC(=O)c1ccncc1F)C(C)C(=O)O. The summed E-state index contributed by atoms with van der Waals surface area (Å²) >= 11 is 0. The van der Waals surface area contributed by atoms with Gasteiger partial charge in [0, 0.05) is 12.2 Å². The van der Waals surface area contributed by atoms with Crippen LogP contribution in [0.25, 0.3) is 0 Å². The first-order valence-corrected chi connectivity index (χ1v) is 5.06. The number of hydrogen-bond donors (Lipinski definition) is 2. The molecule has 1 rings (SSSR count). The molecule has 0 spiro atoms. The van der Waals surface area contributed by atoms with Gasteiger partial charge in [-0.1, -0.05) is 0 Å². The van der Waals surface area contributed by atoms with Gasteiger partial charge in [0.05, 0.1) is 17.7 Å². The summed E-state index contributed by atoms with van der Waals surface area (Å²) in [6.07, 6.45) is 2.23. The second kappa shape index (κ2) is 5.38. The molecular formula is C11H13FN2O3. The number of carboxylic acid groups (broad SMARTS) is 1. The Bertz CT molecular complexity index is 436. The second-order valence-electron chi connectivity index (χ2n) is 3.74. The van der Waals surface area contributed by atoms with Gasteiger partial charge < -0.3 is 10.4 Å². The molecule has 0 aliphatic carbocycles. The maximum Gasteiger partial charge on any atom is 0.308 e. The summed E-state index contributed by atoms with van der Waals surface area (Å²) in [6.45, 7) is 3.02. The summed E-state index contributed by atoms with van der Waals surface area (Å²) in [4.78, 5) is 25.8. The van der Waals surface area contributed by atoms with Gasteiger partial charge >= 0.3 is 5.97 Å². The number of rotatable bonds is 4. The second-order valence-corrected chi connectivity index (χ2v) is 3.74. The molecule has 1 aromatic heterocycles. The van der Waals surface area contributed by atoms with E-state index < -0.39 is 29.7 Å². The molecule has 0 aliphatic rings. The molecule has 6 heteroatoms. The summed E-state index contributed by atoms with van der Waals surface area (Å²) in [5.41, 5.74) is -0.149. The first-order chi connectivity index (χ1) is 7.93. The summed E-state index contributed by atoms with van der Waals surface area (Å²) in [6, 6.07) is 0.649. The molecule has 0 bridgehead atoms. The maximum atomic E-state index is 13.2. The van der Waals surface area contributed by atoms with Gasteiger partial charge in [0.15, 0.2) is 5.82 Å². The number of aliphatic carboxylic acids is 1. The Morgan fingerprint density at radius 3 is 2.65 bits per heavy atom. The molecule has 2 N–H and O–H groups in total. The molecule has 5 nitrogen and oxygen atoms in total. The third-order valence-electron chi connectivity index (χ3n) is 2.52. The molecule has 0 saturated heterocycles. The molecule has 0 saturated carbocycles. The highest BCUT2D eigenvalue weighted by molar-refractivity contribution is 5.94. The van der Waals surface area contributed by atoms with Crippen molar-refractivity contribution in [3.63, 3.8) is 0 Å². The minimum Gasteiger partial charge on any atom is -0.481 e. The molecular weight excluding hydrogens is 227 g/mol. The average Bonchev–Trinajstić information content (AvgIpc) is 2.28. The lowest BCUT2D eigenvalue weighted by atomic mass is 10.0. The van der Waals surface area contributed by atoms with E-state index in [1.54, 1.807) is 6.92 Å². The van der Waals surface area contributed by atoms with Gasteiger partial charge in [-0.25, -0.2) is 4.39 Å². The Labute approximate surface area is 97.7 Å². The van der Waals surface area contributed by atoms with Gasteiger partial charge in [-0.3, -0.25) is 14.6 Å². The van der Waals surface area contributed by atoms with E-state index in [1.807, 2.05) is 0 Å². The van der Waals surface area contributed by atoms with E-state index in [4.69, 9.17) is 5.11 Å². The average molecular weight is 240 g/mol. The number of halogens is 1. The number of nitrogens with one attached hydrogen (secondary N) is 1. The van der Waals surface area contributed by atoms with Crippen molar-refractivity contribution < 1.29 is 19.1 Å². The van der Waals surface area contributed by atoms with Crippen LogP contribution in [0.5, 0.6) is 0 Å². The van der Waals surface area contributed by atoms with Gasteiger partial charge in [0.25, 0.3) is 5.91 Å². The number of carbonyl (C=O) groups is 2. The third-order valence-corrected chi connectivity index (χ3v) is 2.52. The smallest absolute Gasteiger partial charge is 0.308 e.